The van der Waals surface area contributed by atoms with E-state index in [1.54, 1.807) is 0 Å². The normalized spacial score (nSPS) is 9.50. The van der Waals surface area contributed by atoms with Crippen LogP contribution in [0.25, 0.3) is 0 Å². The van der Waals surface area contributed by atoms with Gasteiger partial charge in [-0.1, -0.05) is 40.5 Å². The third-order valence-electron chi connectivity index (χ3n) is 1.79. The third kappa shape index (κ3) is 12.6. The van der Waals surface area contributed by atoms with Crippen molar-refractivity contribution in [1.29, 1.82) is 0 Å². The molecule has 0 fully saturated rings. The van der Waals surface area contributed by atoms with Crippen LogP contribution in [-0.4, -0.2) is 25.0 Å². The molecule has 0 atom stereocenters. The van der Waals surface area contributed by atoms with Crippen molar-refractivity contribution in [3.8, 4) is 0 Å². The van der Waals surface area contributed by atoms with E-state index >= 15 is 0 Å². The molecule has 0 aromatic heterocycles. The fourth-order valence-electron chi connectivity index (χ4n) is 0.968. The molecule has 0 aromatic rings. The van der Waals surface area contributed by atoms with Gasteiger partial charge in [0.05, 0.1) is 0 Å². The van der Waals surface area contributed by atoms with Gasteiger partial charge in [0.25, 0.3) is 0 Å². The summed E-state index contributed by atoms with van der Waals surface area (Å²) in [7, 11) is 2.21. The van der Waals surface area contributed by atoms with Crippen LogP contribution in [0.2, 0.25) is 0 Å². The molecular formula is C11H29N. The maximum absolute atomic E-state index is 2.42. The first-order valence-corrected chi connectivity index (χ1v) is 5.49. The first-order valence-electron chi connectivity index (χ1n) is 5.49. The van der Waals surface area contributed by atoms with Gasteiger partial charge in [0.1, 0.15) is 0 Å². The highest BCUT2D eigenvalue weighted by Crippen LogP contribution is 1.94. The quantitative estimate of drug-likeness (QED) is 0.593. The number of nitrogens with zero attached hydrogens (tertiary/aromatic N) is 1. The van der Waals surface area contributed by atoms with Gasteiger partial charge in [-0.25, -0.2) is 0 Å². The highest BCUT2D eigenvalue weighted by molar-refractivity contribution is 4.49. The van der Waals surface area contributed by atoms with Gasteiger partial charge >= 0.3 is 0 Å². The molecule has 1 heteroatoms. The Morgan fingerprint density at radius 3 is 1.50 bits per heavy atom. The van der Waals surface area contributed by atoms with Crippen molar-refractivity contribution in [2.75, 3.05) is 20.1 Å². The molecule has 78 valence electrons. The lowest BCUT2D eigenvalue weighted by atomic mass is 10.3. The van der Waals surface area contributed by atoms with Gasteiger partial charge in [-0.05, 0) is 33.0 Å². The zero-order chi connectivity index (χ0) is 9.82. The molecule has 0 saturated heterocycles. The van der Waals surface area contributed by atoms with Crippen molar-refractivity contribution in [3.63, 3.8) is 0 Å². The molecule has 0 aliphatic heterocycles. The predicted molar refractivity (Wildman–Crippen MR) is 60.8 cm³/mol. The summed E-state index contributed by atoms with van der Waals surface area (Å²) >= 11 is 0. The minimum absolute atomic E-state index is 0. The van der Waals surface area contributed by atoms with Crippen molar-refractivity contribution < 1.29 is 1.43 Å². The molecule has 0 spiro atoms. The van der Waals surface area contributed by atoms with Crippen LogP contribution in [0, 0.1) is 0 Å². The van der Waals surface area contributed by atoms with E-state index in [-0.39, 0.29) is 1.43 Å². The molecule has 0 aromatic carbocycles. The Kier molecular flexibility index (Phi) is 16.3. The van der Waals surface area contributed by atoms with Gasteiger partial charge in [0.2, 0.25) is 0 Å². The summed E-state index contributed by atoms with van der Waals surface area (Å²) in [5.41, 5.74) is 0. The molecule has 0 unspecified atom stereocenters. The van der Waals surface area contributed by atoms with Crippen LogP contribution in [0.15, 0.2) is 0 Å². The molecule has 0 aliphatic rings. The Bertz CT molecular complexity index is 59.1. The van der Waals surface area contributed by atoms with Crippen LogP contribution in [-0.2, 0) is 0 Å². The highest BCUT2D eigenvalue weighted by Gasteiger charge is 1.94. The van der Waals surface area contributed by atoms with Crippen LogP contribution >= 0.6 is 0 Å². The Morgan fingerprint density at radius 2 is 1.25 bits per heavy atom. The number of hydrogen-bond donors (Lipinski definition) is 0. The van der Waals surface area contributed by atoms with E-state index in [0.29, 0.717) is 0 Å². The van der Waals surface area contributed by atoms with E-state index in [1.165, 1.54) is 38.8 Å². The molecular weight excluding hydrogens is 146 g/mol. The van der Waals surface area contributed by atoms with E-state index in [1.807, 2.05) is 13.8 Å². The van der Waals surface area contributed by atoms with Crippen LogP contribution < -0.4 is 0 Å². The van der Waals surface area contributed by atoms with Crippen molar-refractivity contribution in [2.24, 2.45) is 0 Å². The van der Waals surface area contributed by atoms with Gasteiger partial charge in [0, 0.05) is 1.43 Å². The summed E-state index contributed by atoms with van der Waals surface area (Å²) in [6, 6.07) is 0. The summed E-state index contributed by atoms with van der Waals surface area (Å²) in [5, 5.41) is 0. The van der Waals surface area contributed by atoms with Gasteiger partial charge < -0.3 is 4.90 Å². The SMILES string of the molecule is CC.CCCCN(C)CCCC.[HH]. The van der Waals surface area contributed by atoms with E-state index in [9.17, 15) is 0 Å². The zero-order valence-electron chi connectivity index (χ0n) is 9.69. The Hall–Kier alpha value is -0.0400. The standard InChI is InChI=1S/C9H21N.C2H6.H2/c1-4-6-8-10(3)9-7-5-2;1-2;/h4-9H2,1-3H3;1-2H3;1H. The Morgan fingerprint density at radius 1 is 0.917 bits per heavy atom. The largest absolute Gasteiger partial charge is 0.306 e. The second kappa shape index (κ2) is 13.5. The molecule has 0 saturated carbocycles. The van der Waals surface area contributed by atoms with E-state index in [4.69, 9.17) is 0 Å². The van der Waals surface area contributed by atoms with Crippen molar-refractivity contribution in [3.05, 3.63) is 0 Å². The van der Waals surface area contributed by atoms with Gasteiger partial charge in [0.15, 0.2) is 0 Å². The van der Waals surface area contributed by atoms with E-state index < -0.39 is 0 Å². The van der Waals surface area contributed by atoms with Crippen molar-refractivity contribution in [1.82, 2.24) is 4.90 Å². The molecule has 0 N–H and O–H groups in total. The van der Waals surface area contributed by atoms with Crippen LogP contribution in [0.5, 0.6) is 0 Å². The van der Waals surface area contributed by atoms with E-state index in [0.717, 1.165) is 0 Å². The van der Waals surface area contributed by atoms with Crippen molar-refractivity contribution >= 4 is 0 Å². The number of rotatable bonds is 6. The highest BCUT2D eigenvalue weighted by atomic mass is 15.1. The molecule has 0 amide bonds. The third-order valence-corrected chi connectivity index (χ3v) is 1.79. The summed E-state index contributed by atoms with van der Waals surface area (Å²) in [4.78, 5) is 2.42. The molecule has 0 rings (SSSR count). The number of unbranched alkanes of at least 4 members (excludes halogenated alkanes) is 2. The topological polar surface area (TPSA) is 3.24 Å². The summed E-state index contributed by atoms with van der Waals surface area (Å²) < 4.78 is 0. The molecule has 0 aliphatic carbocycles. The van der Waals surface area contributed by atoms with Crippen LogP contribution in [0.3, 0.4) is 0 Å². The minimum atomic E-state index is 0. The fraction of sp³-hybridized carbons (Fsp3) is 1.00. The summed E-state index contributed by atoms with van der Waals surface area (Å²) in [6.45, 7) is 11.0. The summed E-state index contributed by atoms with van der Waals surface area (Å²) in [6.07, 6.45) is 5.33. The summed E-state index contributed by atoms with van der Waals surface area (Å²) in [5.74, 6) is 0. The lowest BCUT2D eigenvalue weighted by Gasteiger charge is -2.14. The maximum atomic E-state index is 2.42. The Labute approximate surface area is 80.6 Å². The van der Waals surface area contributed by atoms with Gasteiger partial charge in [-0.15, -0.1) is 0 Å². The van der Waals surface area contributed by atoms with Crippen molar-refractivity contribution in [2.45, 2.75) is 53.4 Å². The van der Waals surface area contributed by atoms with E-state index in [2.05, 4.69) is 25.8 Å². The van der Waals surface area contributed by atoms with Crippen LogP contribution in [0.4, 0.5) is 0 Å². The second-order valence-corrected chi connectivity index (χ2v) is 3.01. The van der Waals surface area contributed by atoms with Crippen LogP contribution in [0.1, 0.15) is 54.8 Å². The monoisotopic (exact) mass is 175 g/mol. The molecule has 1 nitrogen and oxygen atoms in total. The lowest BCUT2D eigenvalue weighted by molar-refractivity contribution is 0.322. The average molecular weight is 175 g/mol. The smallest absolute Gasteiger partial charge is 0 e. The molecule has 0 bridgehead atoms. The first-order chi connectivity index (χ1) is 5.81. The Balaban J connectivity index is -0.000000309. The number of hydrogen-bond acceptors (Lipinski definition) is 1. The molecule has 12 heavy (non-hydrogen) atoms. The molecule has 0 heterocycles. The zero-order valence-corrected chi connectivity index (χ0v) is 9.69. The van der Waals surface area contributed by atoms with Gasteiger partial charge in [-0.3, -0.25) is 0 Å². The lowest BCUT2D eigenvalue weighted by Crippen LogP contribution is -2.20. The minimum Gasteiger partial charge on any atom is -0.306 e. The molecule has 0 radical (unpaired) electrons. The predicted octanol–water partition coefficient (Wildman–Crippen LogP) is 3.79. The average Bonchev–Trinajstić information content (AvgIpc) is 2.14. The first kappa shape index (κ1) is 14.5. The van der Waals surface area contributed by atoms with Gasteiger partial charge in [-0.2, -0.15) is 0 Å². The second-order valence-electron chi connectivity index (χ2n) is 3.01. The maximum Gasteiger partial charge on any atom is 0 e. The fourth-order valence-corrected chi connectivity index (χ4v) is 0.968.